The minimum atomic E-state index is 0.488. The lowest BCUT2D eigenvalue weighted by atomic mass is 10.2. The summed E-state index contributed by atoms with van der Waals surface area (Å²) in [4.78, 5) is 7.54. The molecule has 0 saturated carbocycles. The molecule has 0 aliphatic carbocycles. The van der Waals surface area contributed by atoms with Crippen molar-refractivity contribution in [2.45, 2.75) is 6.92 Å². The van der Waals surface area contributed by atoms with E-state index in [9.17, 15) is 0 Å². The monoisotopic (exact) mass is 349 g/mol. The Balaban J connectivity index is 1.65. The van der Waals surface area contributed by atoms with Gasteiger partial charge in [-0.2, -0.15) is 5.10 Å². The van der Waals surface area contributed by atoms with Gasteiger partial charge in [-0.05, 0) is 26.1 Å². The zero-order valence-electron chi connectivity index (χ0n) is 13.3. The first-order valence-corrected chi connectivity index (χ1v) is 8.77. The summed E-state index contributed by atoms with van der Waals surface area (Å²) in [6, 6.07) is 8.19. The Morgan fingerprint density at radius 3 is 2.61 bits per heavy atom. The largest absolute Gasteiger partial charge is 0.331 e. The van der Waals surface area contributed by atoms with Gasteiger partial charge in [0.15, 0.2) is 10.3 Å². The summed E-state index contributed by atoms with van der Waals surface area (Å²) in [5.41, 5.74) is 2.23. The van der Waals surface area contributed by atoms with Crippen LogP contribution in [0.25, 0.3) is 0 Å². The third-order valence-corrected chi connectivity index (χ3v) is 5.04. The molecule has 0 spiro atoms. The summed E-state index contributed by atoms with van der Waals surface area (Å²) in [7, 11) is 2.13. The summed E-state index contributed by atoms with van der Waals surface area (Å²) in [6.07, 6.45) is 1.81. The number of anilines is 2. The highest BCUT2D eigenvalue weighted by Gasteiger charge is 2.12. The van der Waals surface area contributed by atoms with E-state index in [4.69, 9.17) is 11.6 Å². The Hall–Kier alpha value is -1.63. The predicted octanol–water partition coefficient (Wildman–Crippen LogP) is 3.43. The number of thiazole rings is 1. The Morgan fingerprint density at radius 2 is 1.91 bits per heavy atom. The molecule has 2 aromatic rings. The first kappa shape index (κ1) is 16.2. The zero-order valence-corrected chi connectivity index (χ0v) is 14.9. The van der Waals surface area contributed by atoms with E-state index in [-0.39, 0.29) is 0 Å². The normalized spacial score (nSPS) is 16.2. The third kappa shape index (κ3) is 4.43. The van der Waals surface area contributed by atoms with Crippen LogP contribution in [-0.4, -0.2) is 54.3 Å². The predicted molar refractivity (Wildman–Crippen MR) is 98.2 cm³/mol. The summed E-state index contributed by atoms with van der Waals surface area (Å²) >= 11 is 7.73. The van der Waals surface area contributed by atoms with Gasteiger partial charge in [0.1, 0.15) is 0 Å². The SMILES string of the molecule is Cc1ccc(Nc2nc(Cl)c(/C=N/N3CCN(C)CC3)s2)cc1. The molecule has 7 heteroatoms. The molecular formula is C16H20ClN5S. The first-order valence-electron chi connectivity index (χ1n) is 7.57. The van der Waals surface area contributed by atoms with Gasteiger partial charge in [-0.15, -0.1) is 0 Å². The minimum Gasteiger partial charge on any atom is -0.331 e. The van der Waals surface area contributed by atoms with Gasteiger partial charge < -0.3 is 10.2 Å². The number of benzene rings is 1. The van der Waals surface area contributed by atoms with Gasteiger partial charge in [-0.1, -0.05) is 40.6 Å². The molecule has 5 nitrogen and oxygen atoms in total. The highest BCUT2D eigenvalue weighted by Crippen LogP contribution is 2.28. The molecule has 0 radical (unpaired) electrons. The Kier molecular flexibility index (Phi) is 5.15. The number of halogens is 1. The van der Waals surface area contributed by atoms with Crippen LogP contribution in [0.4, 0.5) is 10.8 Å². The molecule has 0 amide bonds. The molecule has 1 aliphatic heterocycles. The molecule has 1 aromatic carbocycles. The van der Waals surface area contributed by atoms with Gasteiger partial charge in [0.2, 0.25) is 0 Å². The summed E-state index contributed by atoms with van der Waals surface area (Å²) < 4.78 is 0. The molecule has 3 rings (SSSR count). The molecule has 0 unspecified atom stereocenters. The lowest BCUT2D eigenvalue weighted by molar-refractivity contribution is 0.159. The second-order valence-electron chi connectivity index (χ2n) is 5.67. The fourth-order valence-electron chi connectivity index (χ4n) is 2.25. The molecule has 1 saturated heterocycles. The van der Waals surface area contributed by atoms with Crippen LogP contribution in [0.3, 0.4) is 0 Å². The van der Waals surface area contributed by atoms with E-state index in [1.54, 1.807) is 0 Å². The number of nitrogens with zero attached hydrogens (tertiary/aromatic N) is 4. The standard InChI is InChI=1S/C16H20ClN5S/c1-12-3-5-13(6-4-12)19-16-20-15(17)14(23-16)11-18-22-9-7-21(2)8-10-22/h3-6,11H,7-10H2,1-2H3,(H,19,20)/b18-11+. The van der Waals surface area contributed by atoms with Gasteiger partial charge in [-0.25, -0.2) is 4.98 Å². The number of hydrogen-bond donors (Lipinski definition) is 1. The van der Waals surface area contributed by atoms with Crippen LogP contribution >= 0.6 is 22.9 Å². The molecule has 0 bridgehead atoms. The van der Waals surface area contributed by atoms with Gasteiger partial charge in [0.05, 0.1) is 11.1 Å². The number of aromatic nitrogens is 1. The second-order valence-corrected chi connectivity index (χ2v) is 7.06. The number of likely N-dealkylation sites (N-methyl/N-ethyl adjacent to an activating group) is 1. The van der Waals surface area contributed by atoms with Crippen molar-refractivity contribution < 1.29 is 0 Å². The molecule has 1 N–H and O–H groups in total. The average molecular weight is 350 g/mol. The van der Waals surface area contributed by atoms with Crippen LogP contribution in [0.5, 0.6) is 0 Å². The van der Waals surface area contributed by atoms with Crippen molar-refractivity contribution in [3.05, 3.63) is 39.9 Å². The maximum atomic E-state index is 6.22. The van der Waals surface area contributed by atoms with E-state index in [2.05, 4.69) is 51.4 Å². The fraction of sp³-hybridized carbons (Fsp3) is 0.375. The molecule has 1 aromatic heterocycles. The van der Waals surface area contributed by atoms with Crippen molar-refractivity contribution in [3.8, 4) is 0 Å². The number of rotatable bonds is 4. The summed E-state index contributed by atoms with van der Waals surface area (Å²) in [5.74, 6) is 0. The average Bonchev–Trinajstić information content (AvgIpc) is 2.89. The quantitative estimate of drug-likeness (QED) is 0.859. The number of hydrazone groups is 1. The summed E-state index contributed by atoms with van der Waals surface area (Å²) in [6.45, 7) is 6.02. The van der Waals surface area contributed by atoms with Crippen LogP contribution in [0, 0.1) is 6.92 Å². The van der Waals surface area contributed by atoms with E-state index >= 15 is 0 Å². The molecular weight excluding hydrogens is 330 g/mol. The maximum Gasteiger partial charge on any atom is 0.189 e. The smallest absolute Gasteiger partial charge is 0.189 e. The number of aryl methyl sites for hydroxylation is 1. The maximum absolute atomic E-state index is 6.22. The van der Waals surface area contributed by atoms with Crippen LogP contribution < -0.4 is 5.32 Å². The Labute approximate surface area is 145 Å². The first-order chi connectivity index (χ1) is 11.1. The van der Waals surface area contributed by atoms with Crippen molar-refractivity contribution in [2.24, 2.45) is 5.10 Å². The van der Waals surface area contributed by atoms with E-state index in [1.807, 2.05) is 18.3 Å². The molecule has 0 atom stereocenters. The summed E-state index contributed by atoms with van der Waals surface area (Å²) in [5, 5.41) is 11.1. The highest BCUT2D eigenvalue weighted by molar-refractivity contribution is 7.17. The van der Waals surface area contributed by atoms with Crippen molar-refractivity contribution >= 4 is 40.0 Å². The minimum absolute atomic E-state index is 0.488. The van der Waals surface area contributed by atoms with E-state index in [0.717, 1.165) is 41.9 Å². The van der Waals surface area contributed by atoms with Gasteiger partial charge >= 0.3 is 0 Å². The van der Waals surface area contributed by atoms with Crippen molar-refractivity contribution in [1.82, 2.24) is 14.9 Å². The molecule has 1 fully saturated rings. The van der Waals surface area contributed by atoms with Gasteiger partial charge in [0, 0.05) is 31.9 Å². The van der Waals surface area contributed by atoms with Crippen LogP contribution in [0.15, 0.2) is 29.4 Å². The van der Waals surface area contributed by atoms with Crippen molar-refractivity contribution in [2.75, 3.05) is 38.5 Å². The van der Waals surface area contributed by atoms with E-state index < -0.39 is 0 Å². The third-order valence-electron chi connectivity index (χ3n) is 3.73. The number of hydrogen-bond acceptors (Lipinski definition) is 6. The highest BCUT2D eigenvalue weighted by atomic mass is 35.5. The lowest BCUT2D eigenvalue weighted by Gasteiger charge is -2.30. The zero-order chi connectivity index (χ0) is 16.2. The second kappa shape index (κ2) is 7.29. The van der Waals surface area contributed by atoms with Crippen LogP contribution in [0.1, 0.15) is 10.4 Å². The molecule has 122 valence electrons. The lowest BCUT2D eigenvalue weighted by Crippen LogP contribution is -2.41. The molecule has 1 aliphatic rings. The van der Waals surface area contributed by atoms with Crippen LogP contribution in [-0.2, 0) is 0 Å². The number of piperazine rings is 1. The Morgan fingerprint density at radius 1 is 1.22 bits per heavy atom. The fourth-order valence-corrected chi connectivity index (χ4v) is 3.30. The molecule has 23 heavy (non-hydrogen) atoms. The number of nitrogens with one attached hydrogen (secondary N) is 1. The van der Waals surface area contributed by atoms with Gasteiger partial charge in [-0.3, -0.25) is 5.01 Å². The van der Waals surface area contributed by atoms with Crippen molar-refractivity contribution in [1.29, 1.82) is 0 Å². The topological polar surface area (TPSA) is 43.8 Å². The van der Waals surface area contributed by atoms with Gasteiger partial charge in [0.25, 0.3) is 0 Å². The molecule has 2 heterocycles. The Bertz CT molecular complexity index is 674. The van der Waals surface area contributed by atoms with E-state index in [1.165, 1.54) is 16.9 Å². The van der Waals surface area contributed by atoms with Crippen molar-refractivity contribution in [3.63, 3.8) is 0 Å². The van der Waals surface area contributed by atoms with E-state index in [0.29, 0.717) is 5.15 Å². The van der Waals surface area contributed by atoms with Crippen LogP contribution in [0.2, 0.25) is 5.15 Å².